The molecule has 198 valence electrons. The first-order chi connectivity index (χ1) is 17.7. The molecule has 7 nitrogen and oxygen atoms in total. The Balaban J connectivity index is 1.41. The predicted octanol–water partition coefficient (Wildman–Crippen LogP) is 5.59. The minimum atomic E-state index is -0.727. The van der Waals surface area contributed by atoms with E-state index >= 15 is 0 Å². The summed E-state index contributed by atoms with van der Waals surface area (Å²) in [6.07, 6.45) is 5.50. The average molecular weight is 567 g/mol. The topological polar surface area (TPSA) is 99.3 Å². The number of nitrogens with one attached hydrogen (secondary N) is 2. The maximum atomic E-state index is 13.8. The van der Waals surface area contributed by atoms with Crippen LogP contribution in [0.15, 0.2) is 12.1 Å². The lowest BCUT2D eigenvalue weighted by atomic mass is 9.91. The Labute approximate surface area is 230 Å². The summed E-state index contributed by atoms with van der Waals surface area (Å²) in [5.41, 5.74) is 0.745. The molecule has 3 aliphatic rings. The molecule has 2 heterocycles. The van der Waals surface area contributed by atoms with E-state index in [0.29, 0.717) is 35.3 Å². The van der Waals surface area contributed by atoms with E-state index in [9.17, 15) is 19.2 Å². The molecule has 5 rings (SSSR count). The van der Waals surface area contributed by atoms with Gasteiger partial charge < -0.3 is 15.2 Å². The van der Waals surface area contributed by atoms with Crippen LogP contribution in [-0.4, -0.2) is 51.9 Å². The molecule has 2 aromatic rings. The molecule has 0 radical (unpaired) electrons. The monoisotopic (exact) mass is 565 g/mol. The molecular weight excluding hydrogens is 537 g/mol. The highest BCUT2D eigenvalue weighted by atomic mass is 35.5. The van der Waals surface area contributed by atoms with Gasteiger partial charge in [0.2, 0.25) is 5.91 Å². The Morgan fingerprint density at radius 2 is 1.89 bits per heavy atom. The molecule has 2 aliphatic carbocycles. The van der Waals surface area contributed by atoms with E-state index in [-0.39, 0.29) is 63.3 Å². The van der Waals surface area contributed by atoms with Crippen molar-refractivity contribution in [3.05, 3.63) is 32.9 Å². The number of aromatic amines is 1. The molecule has 1 aromatic carbocycles. The summed E-state index contributed by atoms with van der Waals surface area (Å²) in [7, 11) is 0. The van der Waals surface area contributed by atoms with Gasteiger partial charge in [0.25, 0.3) is 5.91 Å². The molecule has 3 fully saturated rings. The van der Waals surface area contributed by atoms with E-state index < -0.39 is 12.1 Å². The number of hydrogen-bond acceptors (Lipinski definition) is 4. The zero-order valence-electron chi connectivity index (χ0n) is 20.6. The van der Waals surface area contributed by atoms with Gasteiger partial charge in [-0.1, -0.05) is 48.1 Å². The van der Waals surface area contributed by atoms with Crippen molar-refractivity contribution in [3.63, 3.8) is 0 Å². The smallest absolute Gasteiger partial charge is 0.271 e. The Hall–Kier alpha value is -2.09. The Morgan fingerprint density at radius 1 is 1.11 bits per heavy atom. The number of ketones is 2. The van der Waals surface area contributed by atoms with Crippen LogP contribution in [0.2, 0.25) is 15.1 Å². The first-order valence-electron chi connectivity index (χ1n) is 13.0. The van der Waals surface area contributed by atoms with Crippen molar-refractivity contribution in [2.45, 2.75) is 70.4 Å². The molecule has 2 amide bonds. The number of rotatable bonds is 7. The van der Waals surface area contributed by atoms with Crippen molar-refractivity contribution in [1.82, 2.24) is 15.2 Å². The van der Waals surface area contributed by atoms with Gasteiger partial charge in [-0.15, -0.1) is 0 Å². The van der Waals surface area contributed by atoms with Crippen molar-refractivity contribution >= 4 is 69.1 Å². The van der Waals surface area contributed by atoms with Crippen LogP contribution in [0.25, 0.3) is 10.9 Å². The van der Waals surface area contributed by atoms with E-state index in [4.69, 9.17) is 34.8 Å². The third-order valence-electron chi connectivity index (χ3n) is 8.41. The highest BCUT2D eigenvalue weighted by molar-refractivity contribution is 6.47. The summed E-state index contributed by atoms with van der Waals surface area (Å²) in [5.74, 6) is -0.526. The molecular formula is C27H30Cl3N3O4. The SMILES string of the molecule is CCC(=O)C(CC1CCCC1=O)NC(=O)C1C2CCCC2CN1C(=O)c1cc2c(Cl)cc(Cl)c(Cl)c2[nH]1. The van der Waals surface area contributed by atoms with E-state index in [0.717, 1.165) is 32.1 Å². The predicted molar refractivity (Wildman–Crippen MR) is 143 cm³/mol. The first-order valence-corrected chi connectivity index (χ1v) is 14.2. The first kappa shape index (κ1) is 26.5. The van der Waals surface area contributed by atoms with Gasteiger partial charge in [-0.3, -0.25) is 19.2 Å². The summed E-state index contributed by atoms with van der Waals surface area (Å²) >= 11 is 18.8. The molecule has 0 spiro atoms. The summed E-state index contributed by atoms with van der Waals surface area (Å²) in [5, 5.41) is 4.45. The Morgan fingerprint density at radius 3 is 2.59 bits per heavy atom. The number of aromatic nitrogens is 1. The van der Waals surface area contributed by atoms with Gasteiger partial charge in [-0.05, 0) is 56.1 Å². The normalized spacial score (nSPS) is 26.1. The number of likely N-dealkylation sites (tertiary alicyclic amines) is 1. The van der Waals surface area contributed by atoms with E-state index in [1.54, 1.807) is 17.9 Å². The van der Waals surface area contributed by atoms with E-state index in [1.807, 2.05) is 0 Å². The molecule has 2 N–H and O–H groups in total. The maximum Gasteiger partial charge on any atom is 0.271 e. The highest BCUT2D eigenvalue weighted by Crippen LogP contribution is 2.43. The standard InChI is InChI=1S/C27H30Cl3N3O4/c1-2-21(34)19(9-13-5-4-8-22(13)35)32-26(36)25-15-7-3-6-14(15)12-33(25)27(37)20-10-16-17(28)11-18(29)23(30)24(16)31-20/h10-11,13-15,19,25,31H,2-9,12H2,1H3,(H,32,36). The summed E-state index contributed by atoms with van der Waals surface area (Å²) in [4.78, 5) is 57.2. The summed E-state index contributed by atoms with van der Waals surface area (Å²) < 4.78 is 0. The number of carbonyl (C=O) groups excluding carboxylic acids is 4. The molecule has 1 saturated heterocycles. The zero-order valence-corrected chi connectivity index (χ0v) is 22.9. The largest absolute Gasteiger partial charge is 0.349 e. The van der Waals surface area contributed by atoms with Crippen molar-refractivity contribution in [2.24, 2.45) is 17.8 Å². The van der Waals surface area contributed by atoms with Crippen LogP contribution < -0.4 is 5.32 Å². The van der Waals surface area contributed by atoms with Gasteiger partial charge in [0.05, 0.1) is 26.6 Å². The average Bonchev–Trinajstić information content (AvgIpc) is 3.65. The summed E-state index contributed by atoms with van der Waals surface area (Å²) in [6.45, 7) is 2.22. The zero-order chi connectivity index (χ0) is 26.4. The fraction of sp³-hybridized carbons (Fsp3) is 0.556. The molecule has 1 aliphatic heterocycles. The van der Waals surface area contributed by atoms with Crippen LogP contribution in [0.5, 0.6) is 0 Å². The fourth-order valence-corrected chi connectivity index (χ4v) is 7.23. The number of nitrogens with zero attached hydrogens (tertiary/aromatic N) is 1. The lowest BCUT2D eigenvalue weighted by Crippen LogP contribution is -2.53. The number of Topliss-reactive ketones (excluding diaryl/α,β-unsaturated/α-hetero) is 2. The minimum Gasteiger partial charge on any atom is -0.349 e. The van der Waals surface area contributed by atoms with E-state index in [2.05, 4.69) is 10.3 Å². The second-order valence-electron chi connectivity index (χ2n) is 10.6. The summed E-state index contributed by atoms with van der Waals surface area (Å²) in [6, 6.07) is 1.76. The fourth-order valence-electron chi connectivity index (χ4n) is 6.50. The number of hydrogen-bond donors (Lipinski definition) is 2. The molecule has 10 heteroatoms. The minimum absolute atomic E-state index is 0.0282. The number of benzene rings is 1. The van der Waals surface area contributed by atoms with E-state index in [1.165, 1.54) is 6.07 Å². The molecule has 5 atom stereocenters. The Kier molecular flexibility index (Phi) is 7.58. The lowest BCUT2D eigenvalue weighted by Gasteiger charge is -2.29. The van der Waals surface area contributed by atoms with Gasteiger partial charge in [0.1, 0.15) is 17.5 Å². The molecule has 1 aromatic heterocycles. The lowest BCUT2D eigenvalue weighted by molar-refractivity contribution is -0.131. The van der Waals surface area contributed by atoms with Gasteiger partial charge in [-0.25, -0.2) is 0 Å². The van der Waals surface area contributed by atoms with Gasteiger partial charge in [-0.2, -0.15) is 0 Å². The van der Waals surface area contributed by atoms with Crippen LogP contribution in [0, 0.1) is 17.8 Å². The number of fused-ring (bicyclic) bond motifs is 2. The second kappa shape index (κ2) is 10.6. The molecule has 5 unspecified atom stereocenters. The van der Waals surface area contributed by atoms with Crippen molar-refractivity contribution in [1.29, 1.82) is 0 Å². The van der Waals surface area contributed by atoms with Gasteiger partial charge in [0, 0.05) is 30.7 Å². The van der Waals surface area contributed by atoms with Gasteiger partial charge in [0.15, 0.2) is 5.78 Å². The molecule has 37 heavy (non-hydrogen) atoms. The molecule has 2 saturated carbocycles. The van der Waals surface area contributed by atoms with Crippen LogP contribution >= 0.6 is 34.8 Å². The Bertz CT molecular complexity index is 1280. The van der Waals surface area contributed by atoms with Crippen molar-refractivity contribution < 1.29 is 19.2 Å². The van der Waals surface area contributed by atoms with Crippen LogP contribution in [-0.2, 0) is 14.4 Å². The van der Waals surface area contributed by atoms with Crippen molar-refractivity contribution in [3.8, 4) is 0 Å². The maximum absolute atomic E-state index is 13.8. The number of carbonyl (C=O) groups is 4. The third kappa shape index (κ3) is 4.90. The second-order valence-corrected chi connectivity index (χ2v) is 11.7. The van der Waals surface area contributed by atoms with Crippen LogP contribution in [0.4, 0.5) is 0 Å². The van der Waals surface area contributed by atoms with Crippen LogP contribution in [0.1, 0.15) is 68.8 Å². The quantitative estimate of drug-likeness (QED) is 0.427. The number of amides is 2. The number of halogens is 3. The number of H-pyrrole nitrogens is 1. The molecule has 0 bridgehead atoms. The highest BCUT2D eigenvalue weighted by Gasteiger charge is 2.50. The third-order valence-corrected chi connectivity index (χ3v) is 9.51. The van der Waals surface area contributed by atoms with Crippen LogP contribution in [0.3, 0.4) is 0 Å². The van der Waals surface area contributed by atoms with Gasteiger partial charge >= 0.3 is 0 Å². The van der Waals surface area contributed by atoms with Crippen molar-refractivity contribution in [2.75, 3.05) is 6.54 Å².